The van der Waals surface area contributed by atoms with Gasteiger partial charge in [-0.15, -0.1) is 0 Å². The average molecular weight is 184 g/mol. The summed E-state index contributed by atoms with van der Waals surface area (Å²) in [5, 5.41) is 1.37. The van der Waals surface area contributed by atoms with E-state index in [-0.39, 0.29) is 0 Å². The Balaban J connectivity index is 4.69. The molecule has 2 heteroatoms. The summed E-state index contributed by atoms with van der Waals surface area (Å²) in [5.74, 6) is 0. The fourth-order valence-corrected chi connectivity index (χ4v) is 5.46. The Morgan fingerprint density at radius 2 is 1.58 bits per heavy atom. The topological polar surface area (TPSA) is 17.1 Å². The van der Waals surface area contributed by atoms with Gasteiger partial charge >= 0.3 is 0 Å². The third-order valence-electron chi connectivity index (χ3n) is 3.18. The van der Waals surface area contributed by atoms with Crippen LogP contribution in [0.4, 0.5) is 0 Å². The van der Waals surface area contributed by atoms with Gasteiger partial charge in [-0.2, -0.15) is 0 Å². The summed E-state index contributed by atoms with van der Waals surface area (Å²) < 4.78 is 0. The number of carbonyl (C=O) groups excluding carboxylic acids is 1. The largest absolute Gasteiger partial charge is 0.299 e. The third-order valence-corrected chi connectivity index (χ3v) is 9.09. The van der Waals surface area contributed by atoms with Crippen LogP contribution in [0, 0.1) is 0 Å². The fraction of sp³-hybridized carbons (Fsp3) is 0.700. The van der Waals surface area contributed by atoms with Crippen LogP contribution in [0.2, 0.25) is 18.1 Å². The summed E-state index contributed by atoms with van der Waals surface area (Å²) in [6.45, 7) is 8.88. The molecular formula is C10H20OSi. The summed E-state index contributed by atoms with van der Waals surface area (Å²) in [6, 6.07) is 3.78. The molecule has 0 rings (SSSR count). The van der Waals surface area contributed by atoms with Crippen molar-refractivity contribution in [3.8, 4) is 0 Å². The van der Waals surface area contributed by atoms with Gasteiger partial charge in [-0.25, -0.2) is 0 Å². The molecule has 0 unspecified atom stereocenters. The van der Waals surface area contributed by atoms with Crippen LogP contribution < -0.4 is 0 Å². The zero-order valence-electron chi connectivity index (χ0n) is 8.68. The molecule has 70 valence electrons. The van der Waals surface area contributed by atoms with Gasteiger partial charge in [0.05, 0.1) is 8.07 Å². The summed E-state index contributed by atoms with van der Waals surface area (Å²) in [7, 11) is -1.21. The molecule has 0 aliphatic heterocycles. The number of allylic oxidation sites excluding steroid dienone is 2. The van der Waals surface area contributed by atoms with E-state index < -0.39 is 8.07 Å². The van der Waals surface area contributed by atoms with E-state index in [9.17, 15) is 4.79 Å². The molecule has 0 aromatic heterocycles. The molecule has 12 heavy (non-hydrogen) atoms. The maximum absolute atomic E-state index is 10.4. The Kier molecular flexibility index (Phi) is 5.14. The van der Waals surface area contributed by atoms with E-state index in [0.29, 0.717) is 0 Å². The van der Waals surface area contributed by atoms with Gasteiger partial charge in [0.2, 0.25) is 0 Å². The van der Waals surface area contributed by atoms with Crippen molar-refractivity contribution < 1.29 is 4.79 Å². The maximum atomic E-state index is 10.4. The van der Waals surface area contributed by atoms with Crippen molar-refractivity contribution in [2.75, 3.05) is 0 Å². The van der Waals surface area contributed by atoms with Crippen LogP contribution in [-0.4, -0.2) is 14.4 Å². The number of rotatable bonds is 5. The molecule has 0 atom stereocenters. The minimum Gasteiger partial charge on any atom is -0.299 e. The third kappa shape index (κ3) is 2.31. The first kappa shape index (κ1) is 11.6. The molecule has 0 aromatic rings. The van der Waals surface area contributed by atoms with Crippen LogP contribution in [0.15, 0.2) is 11.3 Å². The second-order valence-electron chi connectivity index (χ2n) is 3.33. The van der Waals surface area contributed by atoms with E-state index in [0.717, 1.165) is 6.29 Å². The van der Waals surface area contributed by atoms with Crippen molar-refractivity contribution in [3.63, 3.8) is 0 Å². The summed E-state index contributed by atoms with van der Waals surface area (Å²) in [5.41, 5.74) is 0. The molecule has 0 bridgehead atoms. The summed E-state index contributed by atoms with van der Waals surface area (Å²) in [4.78, 5) is 10.4. The van der Waals surface area contributed by atoms with Crippen molar-refractivity contribution >= 4 is 14.4 Å². The standard InChI is InChI=1S/C10H20OSi/c1-5-12(6-2,7-3)10(4)8-9-11/h8-9H,5-7H2,1-4H3/b10-8-. The second-order valence-corrected chi connectivity index (χ2v) is 8.80. The van der Waals surface area contributed by atoms with E-state index >= 15 is 0 Å². The lowest BCUT2D eigenvalue weighted by Crippen LogP contribution is -2.33. The predicted molar refractivity (Wildman–Crippen MR) is 57.0 cm³/mol. The highest BCUT2D eigenvalue weighted by Crippen LogP contribution is 2.27. The van der Waals surface area contributed by atoms with Gasteiger partial charge in [0.25, 0.3) is 0 Å². The molecule has 1 nitrogen and oxygen atoms in total. The van der Waals surface area contributed by atoms with E-state index in [1.54, 1.807) is 6.08 Å². The quantitative estimate of drug-likeness (QED) is 0.364. The van der Waals surface area contributed by atoms with E-state index in [2.05, 4.69) is 27.7 Å². The average Bonchev–Trinajstić information content (AvgIpc) is 2.09. The van der Waals surface area contributed by atoms with Gasteiger partial charge in [-0.05, 0) is 13.0 Å². The normalized spacial score (nSPS) is 13.2. The smallest absolute Gasteiger partial charge is 0.142 e. The van der Waals surface area contributed by atoms with E-state index in [1.165, 1.54) is 23.3 Å². The lowest BCUT2D eigenvalue weighted by molar-refractivity contribution is -0.104. The van der Waals surface area contributed by atoms with Crippen LogP contribution in [0.3, 0.4) is 0 Å². The Hall–Kier alpha value is -0.373. The van der Waals surface area contributed by atoms with Crippen LogP contribution in [0.5, 0.6) is 0 Å². The van der Waals surface area contributed by atoms with Crippen LogP contribution in [-0.2, 0) is 4.79 Å². The molecular weight excluding hydrogens is 164 g/mol. The van der Waals surface area contributed by atoms with Crippen molar-refractivity contribution in [1.82, 2.24) is 0 Å². The lowest BCUT2D eigenvalue weighted by atomic mass is 10.6. The highest BCUT2D eigenvalue weighted by Gasteiger charge is 2.28. The number of aldehydes is 1. The van der Waals surface area contributed by atoms with Crippen molar-refractivity contribution in [3.05, 3.63) is 11.3 Å². The molecule has 0 fully saturated rings. The van der Waals surface area contributed by atoms with Gasteiger partial charge in [-0.1, -0.05) is 44.1 Å². The molecule has 0 amide bonds. The van der Waals surface area contributed by atoms with Crippen LogP contribution >= 0.6 is 0 Å². The van der Waals surface area contributed by atoms with Crippen molar-refractivity contribution in [2.24, 2.45) is 0 Å². The van der Waals surface area contributed by atoms with Gasteiger partial charge in [0.15, 0.2) is 0 Å². The minimum atomic E-state index is -1.21. The van der Waals surface area contributed by atoms with E-state index in [1.807, 2.05) is 0 Å². The molecule has 0 radical (unpaired) electrons. The number of carbonyl (C=O) groups is 1. The predicted octanol–water partition coefficient (Wildman–Crippen LogP) is 3.18. The number of hydrogen-bond acceptors (Lipinski definition) is 1. The molecule has 0 saturated heterocycles. The van der Waals surface area contributed by atoms with Gasteiger partial charge < -0.3 is 0 Å². The highest BCUT2D eigenvalue weighted by atomic mass is 28.3. The lowest BCUT2D eigenvalue weighted by Gasteiger charge is -2.28. The van der Waals surface area contributed by atoms with Gasteiger partial charge in [0, 0.05) is 0 Å². The van der Waals surface area contributed by atoms with Crippen LogP contribution in [0.1, 0.15) is 27.7 Å². The number of hydrogen-bond donors (Lipinski definition) is 0. The molecule has 0 aromatic carbocycles. The van der Waals surface area contributed by atoms with Crippen LogP contribution in [0.25, 0.3) is 0 Å². The molecule has 0 heterocycles. The minimum absolute atomic E-state index is 0.929. The van der Waals surface area contributed by atoms with Crippen molar-refractivity contribution in [2.45, 2.75) is 45.8 Å². The highest BCUT2D eigenvalue weighted by molar-refractivity contribution is 6.86. The zero-order chi connectivity index (χ0) is 9.61. The molecule has 0 saturated carbocycles. The molecule has 0 aliphatic carbocycles. The Morgan fingerprint density at radius 1 is 1.17 bits per heavy atom. The SMILES string of the molecule is CC[Si](CC)(CC)/C(C)=C\C=O. The molecule has 0 aliphatic rings. The first-order valence-electron chi connectivity index (χ1n) is 4.79. The first-order chi connectivity index (χ1) is 5.66. The zero-order valence-corrected chi connectivity index (χ0v) is 9.68. The van der Waals surface area contributed by atoms with Crippen molar-refractivity contribution in [1.29, 1.82) is 0 Å². The Labute approximate surface area is 76.9 Å². The molecule has 0 N–H and O–H groups in total. The fourth-order valence-electron chi connectivity index (χ4n) is 1.87. The second kappa shape index (κ2) is 5.30. The molecule has 0 spiro atoms. The van der Waals surface area contributed by atoms with Gasteiger partial charge in [-0.3, -0.25) is 4.79 Å². The monoisotopic (exact) mass is 184 g/mol. The van der Waals surface area contributed by atoms with E-state index in [4.69, 9.17) is 0 Å². The summed E-state index contributed by atoms with van der Waals surface area (Å²) >= 11 is 0. The maximum Gasteiger partial charge on any atom is 0.142 e. The Bertz CT molecular complexity index is 160. The van der Waals surface area contributed by atoms with Gasteiger partial charge in [0.1, 0.15) is 6.29 Å². The summed E-state index contributed by atoms with van der Waals surface area (Å²) in [6.07, 6.45) is 2.70. The Morgan fingerprint density at radius 3 is 1.83 bits per heavy atom. The first-order valence-corrected chi connectivity index (χ1v) is 7.41.